The van der Waals surface area contributed by atoms with E-state index in [9.17, 15) is 9.59 Å². The summed E-state index contributed by atoms with van der Waals surface area (Å²) >= 11 is 0. The zero-order valence-corrected chi connectivity index (χ0v) is 20.1. The molecule has 5 rings (SSSR count). The maximum absolute atomic E-state index is 12.7. The van der Waals surface area contributed by atoms with Crippen molar-refractivity contribution in [2.24, 2.45) is 0 Å². The lowest BCUT2D eigenvalue weighted by Gasteiger charge is -2.20. The van der Waals surface area contributed by atoms with Crippen LogP contribution < -0.4 is 10.6 Å². The van der Waals surface area contributed by atoms with Crippen LogP contribution >= 0.6 is 0 Å². The lowest BCUT2D eigenvalue weighted by Crippen LogP contribution is -2.25. The first-order chi connectivity index (χ1) is 17.0. The minimum atomic E-state index is -0.431. The average Bonchev–Trinajstić information content (AvgIpc) is 3.07. The van der Waals surface area contributed by atoms with Gasteiger partial charge in [-0.2, -0.15) is 0 Å². The van der Waals surface area contributed by atoms with E-state index in [2.05, 4.69) is 64.1 Å². The van der Waals surface area contributed by atoms with Gasteiger partial charge in [0.2, 0.25) is 0 Å². The smallest absolute Gasteiger partial charge is 0.337 e. The molecule has 0 bridgehead atoms. The number of methoxy groups -OCH3 is 1. The molecule has 0 atom stereocenters. The standard InChI is InChI=1S/C29H29N3O3/c1-19(27-25-12-9-23(29(34)35-2)17-26(25)31-28(27)33)30-24-10-7-20(8-11-24)18-32-15-13-21-5-3-4-6-22(21)14-16-32/h3-12,17,30H,13-16,18H2,1-2H3,(H,31,33). The summed E-state index contributed by atoms with van der Waals surface area (Å²) in [5.41, 5.74) is 8.25. The van der Waals surface area contributed by atoms with Crippen LogP contribution in [-0.4, -0.2) is 37.0 Å². The zero-order valence-electron chi connectivity index (χ0n) is 20.1. The predicted molar refractivity (Wildman–Crippen MR) is 138 cm³/mol. The first-order valence-corrected chi connectivity index (χ1v) is 11.9. The van der Waals surface area contributed by atoms with Gasteiger partial charge < -0.3 is 15.4 Å². The first-order valence-electron chi connectivity index (χ1n) is 11.9. The highest BCUT2D eigenvalue weighted by Gasteiger charge is 2.27. The molecule has 6 heteroatoms. The summed E-state index contributed by atoms with van der Waals surface area (Å²) in [6.07, 6.45) is 2.18. The fraction of sp³-hybridized carbons (Fsp3) is 0.241. The van der Waals surface area contributed by atoms with Gasteiger partial charge in [0.05, 0.1) is 23.9 Å². The van der Waals surface area contributed by atoms with Gasteiger partial charge in [-0.05, 0) is 60.7 Å². The van der Waals surface area contributed by atoms with Crippen LogP contribution in [0, 0.1) is 0 Å². The molecule has 0 saturated heterocycles. The molecule has 1 amide bonds. The lowest BCUT2D eigenvalue weighted by atomic mass is 10.0. The fourth-order valence-corrected chi connectivity index (χ4v) is 4.89. The lowest BCUT2D eigenvalue weighted by molar-refractivity contribution is -0.110. The molecule has 35 heavy (non-hydrogen) atoms. The molecule has 0 radical (unpaired) electrons. The topological polar surface area (TPSA) is 70.7 Å². The Labute approximate surface area is 205 Å². The van der Waals surface area contributed by atoms with Gasteiger partial charge in [0.1, 0.15) is 0 Å². The number of esters is 1. The van der Waals surface area contributed by atoms with Crippen molar-refractivity contribution in [3.05, 3.63) is 100 Å². The van der Waals surface area contributed by atoms with Crippen molar-refractivity contribution in [3.8, 4) is 0 Å². The number of allylic oxidation sites excluding steroid dienone is 1. The van der Waals surface area contributed by atoms with E-state index in [1.165, 1.54) is 23.8 Å². The van der Waals surface area contributed by atoms with Crippen LogP contribution in [-0.2, 0) is 28.9 Å². The van der Waals surface area contributed by atoms with Crippen LogP contribution in [0.5, 0.6) is 0 Å². The highest BCUT2D eigenvalue weighted by molar-refractivity contribution is 6.32. The third-order valence-corrected chi connectivity index (χ3v) is 6.77. The van der Waals surface area contributed by atoms with Gasteiger partial charge in [0.25, 0.3) is 5.91 Å². The number of nitrogens with one attached hydrogen (secondary N) is 2. The van der Waals surface area contributed by atoms with E-state index in [4.69, 9.17) is 4.74 Å². The molecule has 2 heterocycles. The maximum Gasteiger partial charge on any atom is 0.337 e. The second-order valence-corrected chi connectivity index (χ2v) is 9.07. The van der Waals surface area contributed by atoms with E-state index >= 15 is 0 Å². The van der Waals surface area contributed by atoms with Gasteiger partial charge in [-0.25, -0.2) is 4.79 Å². The molecule has 6 nitrogen and oxygen atoms in total. The molecule has 0 fully saturated rings. The van der Waals surface area contributed by atoms with Gasteiger partial charge in [-0.15, -0.1) is 0 Å². The second-order valence-electron chi connectivity index (χ2n) is 9.07. The summed E-state index contributed by atoms with van der Waals surface area (Å²) in [5, 5.41) is 6.22. The Morgan fingerprint density at radius 3 is 2.34 bits per heavy atom. The molecule has 0 saturated carbocycles. The number of rotatable bonds is 5. The Hall–Kier alpha value is -3.90. The maximum atomic E-state index is 12.7. The number of fused-ring (bicyclic) bond motifs is 2. The van der Waals surface area contributed by atoms with Crippen LogP contribution in [0.4, 0.5) is 11.4 Å². The molecule has 0 aromatic heterocycles. The van der Waals surface area contributed by atoms with E-state index in [1.807, 2.05) is 6.92 Å². The van der Waals surface area contributed by atoms with Crippen molar-refractivity contribution in [2.75, 3.05) is 30.8 Å². The van der Waals surface area contributed by atoms with E-state index < -0.39 is 5.97 Å². The number of nitrogens with zero attached hydrogens (tertiary/aromatic N) is 1. The average molecular weight is 468 g/mol. The third-order valence-electron chi connectivity index (χ3n) is 6.77. The monoisotopic (exact) mass is 467 g/mol. The predicted octanol–water partition coefficient (Wildman–Crippen LogP) is 4.87. The second kappa shape index (κ2) is 9.76. The quantitative estimate of drug-likeness (QED) is 0.414. The molecular weight excluding hydrogens is 438 g/mol. The fourth-order valence-electron chi connectivity index (χ4n) is 4.89. The first kappa shape index (κ1) is 22.9. The number of ether oxygens (including phenoxy) is 1. The SMILES string of the molecule is COC(=O)c1ccc2c(c1)NC(=O)C2=C(C)Nc1ccc(CN2CCc3ccccc3CC2)cc1. The van der Waals surface area contributed by atoms with Crippen molar-refractivity contribution in [3.63, 3.8) is 0 Å². The van der Waals surface area contributed by atoms with Crippen molar-refractivity contribution < 1.29 is 14.3 Å². The molecule has 0 unspecified atom stereocenters. The van der Waals surface area contributed by atoms with Gasteiger partial charge in [0, 0.05) is 36.6 Å². The Kier molecular flexibility index (Phi) is 6.38. The molecule has 0 aliphatic carbocycles. The molecule has 3 aromatic carbocycles. The van der Waals surface area contributed by atoms with Crippen LogP contribution in [0.3, 0.4) is 0 Å². The van der Waals surface area contributed by atoms with Crippen molar-refractivity contribution in [1.29, 1.82) is 0 Å². The Balaban J connectivity index is 1.26. The zero-order chi connectivity index (χ0) is 24.4. The molecule has 2 N–H and O–H groups in total. The van der Waals surface area contributed by atoms with Crippen LogP contribution in [0.15, 0.2) is 72.4 Å². The van der Waals surface area contributed by atoms with Crippen LogP contribution in [0.1, 0.15) is 39.5 Å². The van der Waals surface area contributed by atoms with E-state index in [1.54, 1.807) is 18.2 Å². The van der Waals surface area contributed by atoms with E-state index in [-0.39, 0.29) is 5.91 Å². The molecule has 3 aromatic rings. The summed E-state index contributed by atoms with van der Waals surface area (Å²) in [7, 11) is 1.34. The summed E-state index contributed by atoms with van der Waals surface area (Å²) < 4.78 is 4.78. The van der Waals surface area contributed by atoms with Crippen molar-refractivity contribution in [1.82, 2.24) is 4.90 Å². The molecule has 2 aliphatic heterocycles. The number of hydrogen-bond acceptors (Lipinski definition) is 5. The molecule has 2 aliphatic rings. The highest BCUT2D eigenvalue weighted by atomic mass is 16.5. The molecular formula is C29H29N3O3. The Morgan fingerprint density at radius 2 is 1.69 bits per heavy atom. The minimum absolute atomic E-state index is 0.189. The largest absolute Gasteiger partial charge is 0.465 e. The van der Waals surface area contributed by atoms with Gasteiger partial charge in [-0.1, -0.05) is 42.5 Å². The minimum Gasteiger partial charge on any atom is -0.465 e. The summed E-state index contributed by atoms with van der Waals surface area (Å²) in [5.74, 6) is -0.620. The summed E-state index contributed by atoms with van der Waals surface area (Å²) in [6, 6.07) is 22.3. The van der Waals surface area contributed by atoms with Crippen molar-refractivity contribution in [2.45, 2.75) is 26.3 Å². The van der Waals surface area contributed by atoms with E-state index in [0.29, 0.717) is 16.8 Å². The van der Waals surface area contributed by atoms with Gasteiger partial charge >= 0.3 is 5.97 Å². The Morgan fingerprint density at radius 1 is 1.00 bits per heavy atom. The molecule has 0 spiro atoms. The number of carbonyl (C=O) groups is 2. The summed E-state index contributed by atoms with van der Waals surface area (Å²) in [6.45, 7) is 4.94. The number of anilines is 2. The normalized spacial score (nSPS) is 16.6. The number of hydrogen-bond donors (Lipinski definition) is 2. The third kappa shape index (κ3) is 4.84. The summed E-state index contributed by atoms with van der Waals surface area (Å²) in [4.78, 5) is 27.0. The van der Waals surface area contributed by atoms with Crippen LogP contribution in [0.2, 0.25) is 0 Å². The Bertz CT molecular complexity index is 1280. The molecule has 178 valence electrons. The number of amides is 1. The van der Waals surface area contributed by atoms with E-state index in [0.717, 1.165) is 49.4 Å². The highest BCUT2D eigenvalue weighted by Crippen LogP contribution is 2.35. The van der Waals surface area contributed by atoms with Crippen LogP contribution in [0.25, 0.3) is 5.57 Å². The number of benzene rings is 3. The van der Waals surface area contributed by atoms with Gasteiger partial charge in [-0.3, -0.25) is 9.69 Å². The van der Waals surface area contributed by atoms with Gasteiger partial charge in [0.15, 0.2) is 0 Å². The number of carbonyl (C=O) groups excluding carboxylic acids is 2. The van der Waals surface area contributed by atoms with Crippen molar-refractivity contribution >= 4 is 28.8 Å².